The van der Waals surface area contributed by atoms with Gasteiger partial charge in [-0.3, -0.25) is 0 Å². The first-order valence-corrected chi connectivity index (χ1v) is 4.94. The van der Waals surface area contributed by atoms with E-state index in [4.69, 9.17) is 17.9 Å². The van der Waals surface area contributed by atoms with Crippen molar-refractivity contribution in [2.75, 3.05) is 26.1 Å². The lowest BCUT2D eigenvalue weighted by Crippen LogP contribution is -2.08. The minimum Gasteiger partial charge on any atom is -0.496 e. The van der Waals surface area contributed by atoms with Gasteiger partial charge in [0.25, 0.3) is 0 Å². The Kier molecular flexibility index (Phi) is 4.14. The van der Waals surface area contributed by atoms with Crippen molar-refractivity contribution in [3.05, 3.63) is 52.4 Å². The molecule has 0 spiro atoms. The van der Waals surface area contributed by atoms with Gasteiger partial charge in [0.1, 0.15) is 18.9 Å². The van der Waals surface area contributed by atoms with Gasteiger partial charge in [-0.1, -0.05) is 6.07 Å². The second-order valence-corrected chi connectivity index (χ2v) is 3.55. The first-order chi connectivity index (χ1) is 8.12. The zero-order valence-corrected chi connectivity index (χ0v) is 10.1. The van der Waals surface area contributed by atoms with Gasteiger partial charge in [-0.15, -0.1) is 0 Å². The molecule has 0 aromatic heterocycles. The van der Waals surface area contributed by atoms with Crippen LogP contribution < -0.4 is 9.64 Å². The Hall–Kier alpha value is -2.46. The summed E-state index contributed by atoms with van der Waals surface area (Å²) in [6, 6.07) is 5.63. The van der Waals surface area contributed by atoms with Crippen LogP contribution in [-0.2, 0) is 0 Å². The number of hydrogen-bond acceptors (Lipinski definition) is 2. The fraction of sp³-hybridized carbons (Fsp3) is 0.231. The molecule has 1 aromatic rings. The van der Waals surface area contributed by atoms with Crippen LogP contribution in [0.15, 0.2) is 24.0 Å². The van der Waals surface area contributed by atoms with E-state index in [1.165, 1.54) is 6.08 Å². The molecule has 1 aromatic carbocycles. The fourth-order valence-corrected chi connectivity index (χ4v) is 1.33. The van der Waals surface area contributed by atoms with Crippen molar-refractivity contribution in [2.24, 2.45) is 0 Å². The Bertz CT molecular complexity index is 502. The van der Waals surface area contributed by atoms with E-state index < -0.39 is 0 Å². The second kappa shape index (κ2) is 5.58. The molecule has 0 aliphatic carbocycles. The van der Waals surface area contributed by atoms with Gasteiger partial charge in [-0.05, 0) is 6.07 Å². The van der Waals surface area contributed by atoms with Crippen molar-refractivity contribution >= 4 is 11.8 Å². The van der Waals surface area contributed by atoms with Crippen LogP contribution in [0.25, 0.3) is 15.8 Å². The van der Waals surface area contributed by atoms with Gasteiger partial charge < -0.3 is 9.64 Å². The minimum atomic E-state index is 0.0286. The minimum absolute atomic E-state index is 0.0286. The number of ether oxygens (including phenoxy) is 1. The van der Waals surface area contributed by atoms with E-state index in [1.807, 2.05) is 37.2 Å². The van der Waals surface area contributed by atoms with E-state index in [0.717, 1.165) is 11.3 Å². The number of benzene rings is 1. The Morgan fingerprint density at radius 1 is 1.29 bits per heavy atom. The van der Waals surface area contributed by atoms with Gasteiger partial charge in [-0.25, -0.2) is 0 Å². The molecule has 0 atom stereocenters. The largest absolute Gasteiger partial charge is 0.520 e. The molecular weight excluding hydrogens is 214 g/mol. The van der Waals surface area contributed by atoms with Crippen molar-refractivity contribution in [2.45, 2.75) is 0 Å². The summed E-state index contributed by atoms with van der Waals surface area (Å²) in [5.41, 5.74) is 1.74. The average Bonchev–Trinajstić information content (AvgIpc) is 2.35. The highest BCUT2D eigenvalue weighted by Crippen LogP contribution is 2.26. The summed E-state index contributed by atoms with van der Waals surface area (Å²) in [6.07, 6.45) is 1.53. The first kappa shape index (κ1) is 12.6. The van der Waals surface area contributed by atoms with Gasteiger partial charge in [0.05, 0.1) is 7.11 Å². The molecule has 0 aliphatic rings. The lowest BCUT2D eigenvalue weighted by molar-refractivity contribution is 0.414. The molecule has 0 radical (unpaired) electrons. The van der Waals surface area contributed by atoms with Crippen molar-refractivity contribution in [1.82, 2.24) is 0 Å². The number of rotatable bonds is 3. The Balaban J connectivity index is 3.24. The molecule has 0 bridgehead atoms. The Morgan fingerprint density at radius 2 is 1.94 bits per heavy atom. The van der Waals surface area contributed by atoms with E-state index in [9.17, 15) is 0 Å². The van der Waals surface area contributed by atoms with E-state index in [1.54, 1.807) is 7.11 Å². The van der Waals surface area contributed by atoms with Crippen LogP contribution in [0.3, 0.4) is 0 Å². The summed E-state index contributed by atoms with van der Waals surface area (Å²) < 4.78 is 5.25. The van der Waals surface area contributed by atoms with Gasteiger partial charge >= 0.3 is 5.82 Å². The van der Waals surface area contributed by atoms with Crippen LogP contribution in [0.2, 0.25) is 0 Å². The lowest BCUT2D eigenvalue weighted by atomic mass is 10.1. The highest BCUT2D eigenvalue weighted by atomic mass is 16.5. The molecule has 0 saturated heterocycles. The van der Waals surface area contributed by atoms with E-state index in [0.29, 0.717) is 5.75 Å². The van der Waals surface area contributed by atoms with Crippen LogP contribution in [0, 0.1) is 13.1 Å². The Morgan fingerprint density at radius 3 is 2.41 bits per heavy atom. The SMILES string of the molecule is [C-]#[N+]C(=Cc1ccc(N(C)C)cc1OC)[N+]#[C-]. The molecule has 86 valence electrons. The quantitative estimate of drug-likeness (QED) is 0.740. The fourth-order valence-electron chi connectivity index (χ4n) is 1.33. The third-order valence-corrected chi connectivity index (χ3v) is 2.25. The zero-order valence-electron chi connectivity index (χ0n) is 10.1. The number of hydrogen-bond donors (Lipinski definition) is 0. The number of nitrogens with zero attached hydrogens (tertiary/aromatic N) is 3. The van der Waals surface area contributed by atoms with E-state index in [-0.39, 0.29) is 5.82 Å². The second-order valence-electron chi connectivity index (χ2n) is 3.55. The van der Waals surface area contributed by atoms with Gasteiger partial charge in [0.15, 0.2) is 0 Å². The summed E-state index contributed by atoms with van der Waals surface area (Å²) in [6.45, 7) is 13.7. The van der Waals surface area contributed by atoms with Crippen LogP contribution in [0.5, 0.6) is 5.75 Å². The predicted octanol–water partition coefficient (Wildman–Crippen LogP) is 2.90. The molecule has 0 N–H and O–H groups in total. The molecular formula is C13H13N3O. The molecule has 0 aliphatic heterocycles. The average molecular weight is 227 g/mol. The monoisotopic (exact) mass is 227 g/mol. The molecule has 0 amide bonds. The van der Waals surface area contributed by atoms with Crippen molar-refractivity contribution in [1.29, 1.82) is 0 Å². The molecule has 17 heavy (non-hydrogen) atoms. The van der Waals surface area contributed by atoms with Crippen LogP contribution in [0.1, 0.15) is 5.56 Å². The highest BCUT2D eigenvalue weighted by molar-refractivity contribution is 5.66. The molecule has 1 rings (SSSR count). The van der Waals surface area contributed by atoms with Crippen LogP contribution >= 0.6 is 0 Å². The number of methoxy groups -OCH3 is 1. The van der Waals surface area contributed by atoms with Crippen LogP contribution in [-0.4, -0.2) is 21.2 Å². The maximum atomic E-state index is 6.84. The summed E-state index contributed by atoms with van der Waals surface area (Å²) >= 11 is 0. The van der Waals surface area contributed by atoms with Crippen molar-refractivity contribution < 1.29 is 4.74 Å². The van der Waals surface area contributed by atoms with Crippen molar-refractivity contribution in [3.63, 3.8) is 0 Å². The van der Waals surface area contributed by atoms with E-state index >= 15 is 0 Å². The van der Waals surface area contributed by atoms with Gasteiger partial charge in [0.2, 0.25) is 0 Å². The Labute approximate surface area is 101 Å². The van der Waals surface area contributed by atoms with Crippen LogP contribution in [0.4, 0.5) is 5.69 Å². The molecule has 0 unspecified atom stereocenters. The number of anilines is 1. The summed E-state index contributed by atoms with van der Waals surface area (Å²) in [5.74, 6) is 0.682. The predicted molar refractivity (Wildman–Crippen MR) is 68.5 cm³/mol. The lowest BCUT2D eigenvalue weighted by Gasteiger charge is -2.14. The maximum Gasteiger partial charge on any atom is 0.520 e. The van der Waals surface area contributed by atoms with E-state index in [2.05, 4.69) is 9.69 Å². The molecule has 0 heterocycles. The normalized spacial score (nSPS) is 8.76. The smallest absolute Gasteiger partial charge is 0.496 e. The van der Waals surface area contributed by atoms with Crippen molar-refractivity contribution in [3.8, 4) is 5.75 Å². The summed E-state index contributed by atoms with van der Waals surface area (Å²) in [5, 5.41) is 0. The molecule has 0 fully saturated rings. The van der Waals surface area contributed by atoms with Gasteiger partial charge in [0, 0.05) is 37.5 Å². The highest BCUT2D eigenvalue weighted by Gasteiger charge is 2.08. The zero-order chi connectivity index (χ0) is 12.8. The summed E-state index contributed by atoms with van der Waals surface area (Å²) in [7, 11) is 5.45. The summed E-state index contributed by atoms with van der Waals surface area (Å²) in [4.78, 5) is 8.21. The topological polar surface area (TPSA) is 21.2 Å². The van der Waals surface area contributed by atoms with Gasteiger partial charge in [-0.2, -0.15) is 9.69 Å². The molecule has 4 heteroatoms. The molecule has 4 nitrogen and oxygen atoms in total. The molecule has 0 saturated carbocycles. The maximum absolute atomic E-state index is 6.84. The third kappa shape index (κ3) is 2.99. The third-order valence-electron chi connectivity index (χ3n) is 2.25. The standard InChI is InChI=1S/C13H13N3O/c1-14-13(15-2)8-10-6-7-11(16(3)4)9-12(10)17-5/h6-9H,3-5H3. The first-order valence-electron chi connectivity index (χ1n) is 4.94.